The molecule has 1 amide bonds. The molecule has 0 radical (unpaired) electrons. The summed E-state index contributed by atoms with van der Waals surface area (Å²) in [6, 6.07) is 21.9. The molecule has 7 heteroatoms. The number of carbonyl (C=O) groups is 1. The maximum absolute atomic E-state index is 12.7. The molecule has 2 aromatic carbocycles. The lowest BCUT2D eigenvalue weighted by Gasteiger charge is -2.44. The van der Waals surface area contributed by atoms with Crippen molar-refractivity contribution in [3.8, 4) is 11.3 Å². The van der Waals surface area contributed by atoms with E-state index in [1.807, 2.05) is 54.6 Å². The van der Waals surface area contributed by atoms with Gasteiger partial charge in [-0.3, -0.25) is 4.79 Å². The molecule has 0 bridgehead atoms. The summed E-state index contributed by atoms with van der Waals surface area (Å²) in [5.74, 6) is 0.797. The zero-order valence-electron chi connectivity index (χ0n) is 21.4. The predicted molar refractivity (Wildman–Crippen MR) is 147 cm³/mol. The van der Waals surface area contributed by atoms with E-state index in [4.69, 9.17) is 4.98 Å². The van der Waals surface area contributed by atoms with Crippen molar-refractivity contribution in [1.29, 1.82) is 0 Å². The van der Waals surface area contributed by atoms with E-state index < -0.39 is 6.09 Å². The van der Waals surface area contributed by atoms with Crippen LogP contribution in [0, 0.1) is 5.41 Å². The normalized spacial score (nSPS) is 18.1. The molecule has 5 rings (SSSR count). The Bertz CT molecular complexity index is 1470. The summed E-state index contributed by atoms with van der Waals surface area (Å²) in [5.41, 5.74) is 3.46. The molecule has 7 nitrogen and oxygen atoms in total. The highest BCUT2D eigenvalue weighted by molar-refractivity contribution is 5.95. The number of fused-ring (bicyclic) bond motifs is 1. The van der Waals surface area contributed by atoms with Crippen LogP contribution in [0.5, 0.6) is 0 Å². The second kappa shape index (κ2) is 9.73. The van der Waals surface area contributed by atoms with Gasteiger partial charge in [-0.15, -0.1) is 0 Å². The van der Waals surface area contributed by atoms with Crippen LogP contribution in [0.4, 0.5) is 16.3 Å². The Labute approximate surface area is 216 Å². The van der Waals surface area contributed by atoms with Crippen LogP contribution in [0.15, 0.2) is 77.7 Å². The van der Waals surface area contributed by atoms with Crippen molar-refractivity contribution in [2.45, 2.75) is 45.6 Å². The number of aromatic nitrogens is 2. The Balaban J connectivity index is 1.43. The van der Waals surface area contributed by atoms with Crippen molar-refractivity contribution >= 4 is 28.4 Å². The first kappa shape index (κ1) is 24.6. The SMILES string of the molecule is CC(C)(C)C1CC(c2ccc(Nc3nc(-c4ccccc4)cc4cc[nH]c(=O)c34)cc2)CCN1C(=O)O. The Kier molecular flexibility index (Phi) is 6.46. The van der Waals surface area contributed by atoms with E-state index in [1.165, 1.54) is 5.56 Å². The predicted octanol–water partition coefficient (Wildman–Crippen LogP) is 6.61. The van der Waals surface area contributed by atoms with Crippen molar-refractivity contribution in [3.05, 3.63) is 88.8 Å². The van der Waals surface area contributed by atoms with Gasteiger partial charge >= 0.3 is 6.09 Å². The minimum Gasteiger partial charge on any atom is -0.465 e. The zero-order valence-corrected chi connectivity index (χ0v) is 21.4. The van der Waals surface area contributed by atoms with E-state index in [2.05, 4.69) is 43.2 Å². The fourth-order valence-electron chi connectivity index (χ4n) is 5.35. The van der Waals surface area contributed by atoms with Crippen molar-refractivity contribution in [1.82, 2.24) is 14.9 Å². The van der Waals surface area contributed by atoms with Crippen molar-refractivity contribution in [3.63, 3.8) is 0 Å². The lowest BCUT2D eigenvalue weighted by atomic mass is 9.75. The van der Waals surface area contributed by atoms with Gasteiger partial charge < -0.3 is 20.3 Å². The van der Waals surface area contributed by atoms with Crippen molar-refractivity contribution in [2.75, 3.05) is 11.9 Å². The van der Waals surface area contributed by atoms with Crippen LogP contribution in [-0.4, -0.2) is 38.7 Å². The first-order valence-electron chi connectivity index (χ1n) is 12.6. The van der Waals surface area contributed by atoms with E-state index in [0.29, 0.717) is 17.7 Å². The van der Waals surface area contributed by atoms with E-state index in [9.17, 15) is 14.7 Å². The fourth-order valence-corrected chi connectivity index (χ4v) is 5.35. The summed E-state index contributed by atoms with van der Waals surface area (Å²) in [7, 11) is 0. The average Bonchev–Trinajstić information content (AvgIpc) is 2.88. The smallest absolute Gasteiger partial charge is 0.407 e. The monoisotopic (exact) mass is 496 g/mol. The second-order valence-corrected chi connectivity index (χ2v) is 10.8. The third-order valence-corrected chi connectivity index (χ3v) is 7.32. The standard InChI is InChI=1S/C30H32N4O3/c1-30(2,3)25-18-21(14-16-34(25)29(36)37)19-9-11-23(12-10-19)32-27-26-22(13-15-31-28(26)35)17-24(33-27)20-7-5-4-6-8-20/h4-13,15,17,21,25H,14,16,18H2,1-3H3,(H,31,35)(H,32,33)(H,36,37). The molecule has 1 aliphatic heterocycles. The highest BCUT2D eigenvalue weighted by atomic mass is 16.4. The molecule has 2 aromatic heterocycles. The summed E-state index contributed by atoms with van der Waals surface area (Å²) in [6.45, 7) is 6.84. The Hall–Kier alpha value is -4.13. The lowest BCUT2D eigenvalue weighted by molar-refractivity contribution is 0.0526. The highest BCUT2D eigenvalue weighted by Crippen LogP contribution is 2.39. The molecule has 2 atom stereocenters. The molecule has 37 heavy (non-hydrogen) atoms. The number of hydrogen-bond donors (Lipinski definition) is 3. The summed E-state index contributed by atoms with van der Waals surface area (Å²) >= 11 is 0. The fraction of sp³-hybridized carbons (Fsp3) is 0.300. The van der Waals surface area contributed by atoms with E-state index in [-0.39, 0.29) is 22.9 Å². The molecule has 4 aromatic rings. The Morgan fingerprint density at radius 2 is 1.81 bits per heavy atom. The zero-order chi connectivity index (χ0) is 26.2. The van der Waals surface area contributed by atoms with Crippen molar-refractivity contribution in [2.24, 2.45) is 5.41 Å². The number of likely N-dealkylation sites (tertiary alicyclic amines) is 1. The first-order valence-corrected chi connectivity index (χ1v) is 12.6. The quantitative estimate of drug-likeness (QED) is 0.295. The van der Waals surface area contributed by atoms with Gasteiger partial charge in [0, 0.05) is 30.0 Å². The maximum atomic E-state index is 12.7. The summed E-state index contributed by atoms with van der Waals surface area (Å²) in [6.07, 6.45) is 2.40. The van der Waals surface area contributed by atoms with Crippen LogP contribution in [0.25, 0.3) is 22.0 Å². The highest BCUT2D eigenvalue weighted by Gasteiger charge is 2.39. The third-order valence-electron chi connectivity index (χ3n) is 7.32. The van der Waals surface area contributed by atoms with Gasteiger partial charge in [-0.05, 0) is 59.4 Å². The molecule has 190 valence electrons. The van der Waals surface area contributed by atoms with E-state index in [1.54, 1.807) is 11.1 Å². The minimum absolute atomic E-state index is 0.0374. The average molecular weight is 497 g/mol. The van der Waals surface area contributed by atoms with Gasteiger partial charge in [-0.25, -0.2) is 9.78 Å². The summed E-state index contributed by atoms with van der Waals surface area (Å²) < 4.78 is 0. The second-order valence-electron chi connectivity index (χ2n) is 10.8. The number of carboxylic acid groups (broad SMARTS) is 1. The van der Waals surface area contributed by atoms with Gasteiger partial charge in [0.2, 0.25) is 0 Å². The number of pyridine rings is 2. The maximum Gasteiger partial charge on any atom is 0.407 e. The largest absolute Gasteiger partial charge is 0.465 e. The number of benzene rings is 2. The molecule has 3 N–H and O–H groups in total. The Morgan fingerprint density at radius 3 is 2.49 bits per heavy atom. The topological polar surface area (TPSA) is 98.3 Å². The number of anilines is 2. The van der Waals surface area contributed by atoms with Crippen LogP contribution >= 0.6 is 0 Å². The molecule has 1 fully saturated rings. The van der Waals surface area contributed by atoms with Crippen LogP contribution in [-0.2, 0) is 0 Å². The number of rotatable bonds is 4. The number of aromatic amines is 1. The number of nitrogens with one attached hydrogen (secondary N) is 2. The number of amides is 1. The molecule has 0 saturated carbocycles. The van der Waals surface area contributed by atoms with Gasteiger partial charge in [-0.2, -0.15) is 0 Å². The summed E-state index contributed by atoms with van der Waals surface area (Å²) in [4.78, 5) is 33.7. The molecule has 3 heterocycles. The number of nitrogens with zero attached hydrogens (tertiary/aromatic N) is 2. The van der Waals surface area contributed by atoms with Crippen LogP contribution in [0.3, 0.4) is 0 Å². The molecule has 1 saturated heterocycles. The number of piperidine rings is 1. The molecular formula is C30H32N4O3. The molecule has 0 spiro atoms. The first-order chi connectivity index (χ1) is 17.7. The van der Waals surface area contributed by atoms with E-state index in [0.717, 1.165) is 35.2 Å². The number of hydrogen-bond acceptors (Lipinski definition) is 4. The van der Waals surface area contributed by atoms with E-state index >= 15 is 0 Å². The lowest BCUT2D eigenvalue weighted by Crippen LogP contribution is -2.51. The van der Waals surface area contributed by atoms with Gasteiger partial charge in [-0.1, -0.05) is 63.2 Å². The molecule has 2 unspecified atom stereocenters. The van der Waals surface area contributed by atoms with Crippen molar-refractivity contribution < 1.29 is 9.90 Å². The molecule has 1 aliphatic rings. The number of H-pyrrole nitrogens is 1. The van der Waals surface area contributed by atoms with Gasteiger partial charge in [0.15, 0.2) is 0 Å². The third kappa shape index (κ3) is 5.07. The van der Waals surface area contributed by atoms with Crippen LogP contribution in [0.1, 0.15) is 45.1 Å². The molecular weight excluding hydrogens is 464 g/mol. The van der Waals surface area contributed by atoms with Crippen LogP contribution in [0.2, 0.25) is 0 Å². The summed E-state index contributed by atoms with van der Waals surface area (Å²) in [5, 5.41) is 14.4. The van der Waals surface area contributed by atoms with Crippen LogP contribution < -0.4 is 10.9 Å². The Morgan fingerprint density at radius 1 is 1.08 bits per heavy atom. The molecule has 0 aliphatic carbocycles. The minimum atomic E-state index is -0.842. The van der Waals surface area contributed by atoms with Gasteiger partial charge in [0.1, 0.15) is 5.82 Å². The van der Waals surface area contributed by atoms with Gasteiger partial charge in [0.25, 0.3) is 5.56 Å². The van der Waals surface area contributed by atoms with Gasteiger partial charge in [0.05, 0.1) is 11.1 Å².